The van der Waals surface area contributed by atoms with Crippen molar-refractivity contribution in [2.45, 2.75) is 25.9 Å². The molecule has 0 saturated carbocycles. The second kappa shape index (κ2) is 9.55. The molecule has 2 heterocycles. The lowest BCUT2D eigenvalue weighted by atomic mass is 10.1. The lowest BCUT2D eigenvalue weighted by Gasteiger charge is -2.29. The van der Waals surface area contributed by atoms with E-state index in [4.69, 9.17) is 4.74 Å². The molecule has 26 heavy (non-hydrogen) atoms. The van der Waals surface area contributed by atoms with Gasteiger partial charge in [-0.15, -0.1) is 0 Å². The van der Waals surface area contributed by atoms with Crippen LogP contribution in [-0.2, 0) is 6.42 Å². The maximum Gasteiger partial charge on any atom is 0.274 e. The van der Waals surface area contributed by atoms with Crippen molar-refractivity contribution in [3.05, 3.63) is 54.2 Å². The third-order valence-electron chi connectivity index (χ3n) is 4.93. The molecular formula is C21H31N3O2+2. The maximum atomic E-state index is 10.3. The summed E-state index contributed by atoms with van der Waals surface area (Å²) in [4.78, 5) is 7.09. The van der Waals surface area contributed by atoms with Crippen molar-refractivity contribution < 1.29 is 19.7 Å². The van der Waals surface area contributed by atoms with E-state index in [0.29, 0.717) is 6.61 Å². The Kier molecular flexibility index (Phi) is 6.86. The van der Waals surface area contributed by atoms with Crippen molar-refractivity contribution in [1.29, 1.82) is 0 Å². The summed E-state index contributed by atoms with van der Waals surface area (Å²) in [5.74, 6) is 2.00. The van der Waals surface area contributed by atoms with Crippen LogP contribution in [-0.4, -0.2) is 50.5 Å². The number of quaternary nitrogens is 1. The fourth-order valence-corrected chi connectivity index (χ4v) is 3.47. The number of aliphatic hydroxyl groups is 1. The minimum Gasteiger partial charge on any atom is -0.491 e. The van der Waals surface area contributed by atoms with Gasteiger partial charge in [-0.05, 0) is 30.2 Å². The normalized spacial score (nSPS) is 16.5. The minimum atomic E-state index is -0.435. The molecule has 0 bridgehead atoms. The van der Waals surface area contributed by atoms with E-state index in [1.54, 1.807) is 0 Å². The van der Waals surface area contributed by atoms with Crippen molar-refractivity contribution in [2.24, 2.45) is 0 Å². The van der Waals surface area contributed by atoms with E-state index in [2.05, 4.69) is 41.1 Å². The summed E-state index contributed by atoms with van der Waals surface area (Å²) < 4.78 is 5.75. The van der Waals surface area contributed by atoms with Crippen LogP contribution in [0.2, 0.25) is 0 Å². The summed E-state index contributed by atoms with van der Waals surface area (Å²) in [6.07, 6.45) is 3.77. The zero-order valence-corrected chi connectivity index (χ0v) is 15.7. The second-order valence-electron chi connectivity index (χ2n) is 7.05. The SMILES string of the molecule is CCCc1ccc(OC[C@H](O)C[NH+]2CCN(c3cccc[nH+]3)CC2)cc1. The molecule has 3 N–H and O–H groups in total. The van der Waals surface area contributed by atoms with Gasteiger partial charge in [-0.25, -0.2) is 4.98 Å². The summed E-state index contributed by atoms with van der Waals surface area (Å²) >= 11 is 0. The Hall–Kier alpha value is -2.11. The third-order valence-corrected chi connectivity index (χ3v) is 4.93. The fourth-order valence-electron chi connectivity index (χ4n) is 3.47. The Labute approximate surface area is 156 Å². The summed E-state index contributed by atoms with van der Waals surface area (Å²) in [5, 5.41) is 10.3. The Morgan fingerprint density at radius 1 is 1.15 bits per heavy atom. The number of anilines is 1. The van der Waals surface area contributed by atoms with Gasteiger partial charge in [0, 0.05) is 6.07 Å². The second-order valence-corrected chi connectivity index (χ2v) is 7.05. The van der Waals surface area contributed by atoms with Crippen LogP contribution in [0.15, 0.2) is 48.7 Å². The number of ether oxygens (including phenoxy) is 1. The largest absolute Gasteiger partial charge is 0.491 e. The van der Waals surface area contributed by atoms with E-state index in [1.165, 1.54) is 16.3 Å². The monoisotopic (exact) mass is 357 g/mol. The first-order valence-electron chi connectivity index (χ1n) is 9.69. The van der Waals surface area contributed by atoms with Crippen LogP contribution in [0.1, 0.15) is 18.9 Å². The highest BCUT2D eigenvalue weighted by atomic mass is 16.5. The van der Waals surface area contributed by atoms with Crippen LogP contribution >= 0.6 is 0 Å². The lowest BCUT2D eigenvalue weighted by Crippen LogP contribution is -3.16. The highest BCUT2D eigenvalue weighted by molar-refractivity contribution is 5.32. The van der Waals surface area contributed by atoms with Gasteiger partial charge in [-0.2, -0.15) is 0 Å². The number of H-pyrrole nitrogens is 1. The number of rotatable bonds is 8. The third kappa shape index (κ3) is 5.44. The molecule has 3 rings (SSSR count). The summed E-state index contributed by atoms with van der Waals surface area (Å²) in [6, 6.07) is 14.4. The van der Waals surface area contributed by atoms with Gasteiger partial charge in [-0.3, -0.25) is 4.90 Å². The van der Waals surface area contributed by atoms with E-state index in [1.807, 2.05) is 24.4 Å². The van der Waals surface area contributed by atoms with Gasteiger partial charge in [0.25, 0.3) is 5.82 Å². The van der Waals surface area contributed by atoms with Crippen molar-refractivity contribution >= 4 is 5.82 Å². The number of aliphatic hydroxyl groups excluding tert-OH is 1. The molecule has 0 unspecified atom stereocenters. The number of hydrogen-bond acceptors (Lipinski definition) is 3. The Morgan fingerprint density at radius 3 is 2.58 bits per heavy atom. The average Bonchev–Trinajstić information content (AvgIpc) is 2.69. The predicted octanol–water partition coefficient (Wildman–Crippen LogP) is 0.598. The first-order valence-corrected chi connectivity index (χ1v) is 9.69. The molecule has 1 aliphatic rings. The maximum absolute atomic E-state index is 10.3. The first kappa shape index (κ1) is 18.7. The molecule has 1 aromatic carbocycles. The Bertz CT molecular complexity index is 640. The van der Waals surface area contributed by atoms with Gasteiger partial charge < -0.3 is 14.7 Å². The number of piperazine rings is 1. The molecule has 0 amide bonds. The first-order chi connectivity index (χ1) is 12.7. The Balaban J connectivity index is 1.38. The molecule has 0 spiro atoms. The number of nitrogens with zero attached hydrogens (tertiary/aromatic N) is 1. The van der Waals surface area contributed by atoms with Gasteiger partial charge in [0.05, 0.1) is 6.20 Å². The number of aryl methyl sites for hydroxylation is 1. The zero-order valence-electron chi connectivity index (χ0n) is 15.7. The van der Waals surface area contributed by atoms with Crippen molar-refractivity contribution in [3.8, 4) is 5.75 Å². The fraction of sp³-hybridized carbons (Fsp3) is 0.476. The summed E-state index contributed by atoms with van der Waals surface area (Å²) in [6.45, 7) is 7.34. The summed E-state index contributed by atoms with van der Waals surface area (Å²) in [5.41, 5.74) is 1.33. The number of hydrogen-bond donors (Lipinski definition) is 2. The molecule has 5 nitrogen and oxygen atoms in total. The van der Waals surface area contributed by atoms with E-state index in [0.717, 1.165) is 51.3 Å². The minimum absolute atomic E-state index is 0.354. The molecule has 140 valence electrons. The zero-order chi connectivity index (χ0) is 18.2. The number of pyridine rings is 1. The molecular weight excluding hydrogens is 326 g/mol. The van der Waals surface area contributed by atoms with Crippen LogP contribution in [0, 0.1) is 0 Å². The van der Waals surface area contributed by atoms with Gasteiger partial charge in [-0.1, -0.05) is 31.5 Å². The number of aromatic nitrogens is 1. The van der Waals surface area contributed by atoms with Crippen molar-refractivity contribution in [1.82, 2.24) is 0 Å². The lowest BCUT2D eigenvalue weighted by molar-refractivity contribution is -0.903. The number of aromatic amines is 1. The van der Waals surface area contributed by atoms with Crippen LogP contribution in [0.25, 0.3) is 0 Å². The molecule has 1 aromatic heterocycles. The van der Waals surface area contributed by atoms with Crippen molar-refractivity contribution in [3.63, 3.8) is 0 Å². The Morgan fingerprint density at radius 2 is 1.92 bits per heavy atom. The van der Waals surface area contributed by atoms with Crippen LogP contribution in [0.3, 0.4) is 0 Å². The van der Waals surface area contributed by atoms with E-state index < -0.39 is 6.10 Å². The standard InChI is InChI=1S/C21H29N3O2/c1-2-5-18-7-9-20(10-8-18)26-17-19(25)16-23-12-14-24(15-13-23)21-6-3-4-11-22-21/h3-4,6-11,19,25H,2,5,12-17H2,1H3/p+2/t19-/m1/s1. The quantitative estimate of drug-likeness (QED) is 0.727. The van der Waals surface area contributed by atoms with Crippen LogP contribution in [0.5, 0.6) is 5.75 Å². The molecule has 1 aliphatic heterocycles. The van der Waals surface area contributed by atoms with E-state index in [9.17, 15) is 5.11 Å². The average molecular weight is 357 g/mol. The van der Waals surface area contributed by atoms with Gasteiger partial charge >= 0.3 is 0 Å². The van der Waals surface area contributed by atoms with E-state index in [-0.39, 0.29) is 0 Å². The van der Waals surface area contributed by atoms with Gasteiger partial charge in [0.2, 0.25) is 0 Å². The van der Waals surface area contributed by atoms with E-state index >= 15 is 0 Å². The molecule has 0 aliphatic carbocycles. The molecule has 1 atom stereocenters. The molecule has 2 aromatic rings. The molecule has 1 fully saturated rings. The number of nitrogens with one attached hydrogen (secondary N) is 2. The van der Waals surface area contributed by atoms with Crippen molar-refractivity contribution in [2.75, 3.05) is 44.2 Å². The molecule has 5 heteroatoms. The van der Waals surface area contributed by atoms with Gasteiger partial charge in [0.15, 0.2) is 0 Å². The topological polar surface area (TPSA) is 51.3 Å². The molecule has 1 saturated heterocycles. The predicted molar refractivity (Wildman–Crippen MR) is 103 cm³/mol. The number of benzene rings is 1. The molecule has 0 radical (unpaired) electrons. The summed E-state index contributed by atoms with van der Waals surface area (Å²) in [7, 11) is 0. The smallest absolute Gasteiger partial charge is 0.274 e. The van der Waals surface area contributed by atoms with Crippen LogP contribution in [0.4, 0.5) is 5.82 Å². The van der Waals surface area contributed by atoms with Crippen LogP contribution < -0.4 is 19.5 Å². The highest BCUT2D eigenvalue weighted by Gasteiger charge is 2.27. The highest BCUT2D eigenvalue weighted by Crippen LogP contribution is 2.13. The van der Waals surface area contributed by atoms with Gasteiger partial charge in [0.1, 0.15) is 51.2 Å².